The fraction of sp³-hybridized carbons (Fsp3) is 0.714. The van der Waals surface area contributed by atoms with Gasteiger partial charge in [-0.1, -0.05) is 0 Å². The molecule has 0 radical (unpaired) electrons. The van der Waals surface area contributed by atoms with Gasteiger partial charge in [0.05, 0.1) is 0 Å². The van der Waals surface area contributed by atoms with E-state index in [-0.39, 0.29) is 23.6 Å². The standard InChI is InChI=1S/C14H20N4O4/c19-11-1-2-12(20)17(11)9-15-5-7-16(8-6-15)10-18-13(21)3-4-14(18)22/h1-10H2/p+2. The highest BCUT2D eigenvalue weighted by Gasteiger charge is 2.36. The summed E-state index contributed by atoms with van der Waals surface area (Å²) in [5, 5.41) is 0. The number of likely N-dealkylation sites (tertiary alicyclic amines) is 2. The number of imide groups is 2. The second-order valence-electron chi connectivity index (χ2n) is 6.25. The summed E-state index contributed by atoms with van der Waals surface area (Å²) in [5.74, 6) is -0.276. The minimum atomic E-state index is -0.0689. The van der Waals surface area contributed by atoms with E-state index in [1.807, 2.05) is 0 Å². The van der Waals surface area contributed by atoms with E-state index in [1.54, 1.807) is 0 Å². The van der Waals surface area contributed by atoms with Crippen molar-refractivity contribution in [1.82, 2.24) is 9.80 Å². The Hall–Kier alpha value is -1.80. The number of amides is 4. The smallest absolute Gasteiger partial charge is 0.234 e. The fourth-order valence-corrected chi connectivity index (χ4v) is 3.32. The molecule has 3 saturated heterocycles. The topological polar surface area (TPSA) is 83.6 Å². The number of hydrogen-bond donors (Lipinski definition) is 2. The molecule has 3 aliphatic heterocycles. The maximum absolute atomic E-state index is 11.6. The van der Waals surface area contributed by atoms with Crippen LogP contribution in [0.5, 0.6) is 0 Å². The van der Waals surface area contributed by atoms with Gasteiger partial charge in [0.1, 0.15) is 26.2 Å². The van der Waals surface area contributed by atoms with Gasteiger partial charge >= 0.3 is 0 Å². The highest BCUT2D eigenvalue weighted by molar-refractivity contribution is 6.02. The number of nitrogens with zero attached hydrogens (tertiary/aromatic N) is 2. The summed E-state index contributed by atoms with van der Waals surface area (Å²) in [7, 11) is 0. The van der Waals surface area contributed by atoms with E-state index < -0.39 is 0 Å². The van der Waals surface area contributed by atoms with Gasteiger partial charge < -0.3 is 9.80 Å². The van der Waals surface area contributed by atoms with Crippen molar-refractivity contribution in [1.29, 1.82) is 0 Å². The molecule has 0 unspecified atom stereocenters. The Kier molecular flexibility index (Phi) is 4.21. The lowest BCUT2D eigenvalue weighted by Crippen LogP contribution is -3.29. The summed E-state index contributed by atoms with van der Waals surface area (Å²) >= 11 is 0. The quantitative estimate of drug-likeness (QED) is 0.518. The first-order valence-electron chi connectivity index (χ1n) is 7.88. The zero-order chi connectivity index (χ0) is 15.7. The third-order valence-corrected chi connectivity index (χ3v) is 4.74. The van der Waals surface area contributed by atoms with Crippen LogP contribution >= 0.6 is 0 Å². The Morgan fingerprint density at radius 3 is 1.14 bits per heavy atom. The van der Waals surface area contributed by atoms with Gasteiger partial charge in [-0.3, -0.25) is 19.2 Å². The Morgan fingerprint density at radius 2 is 0.864 bits per heavy atom. The van der Waals surface area contributed by atoms with Crippen LogP contribution in [0.1, 0.15) is 25.7 Å². The van der Waals surface area contributed by atoms with Crippen LogP contribution in [0, 0.1) is 0 Å². The Morgan fingerprint density at radius 1 is 0.591 bits per heavy atom. The number of hydrogen-bond acceptors (Lipinski definition) is 4. The highest BCUT2D eigenvalue weighted by Crippen LogP contribution is 2.09. The molecule has 0 saturated carbocycles. The highest BCUT2D eigenvalue weighted by atomic mass is 16.2. The van der Waals surface area contributed by atoms with Crippen molar-refractivity contribution in [3.8, 4) is 0 Å². The molecule has 8 heteroatoms. The first kappa shape index (κ1) is 15.1. The maximum atomic E-state index is 11.6. The minimum Gasteiger partial charge on any atom is -0.308 e. The lowest BCUT2D eigenvalue weighted by molar-refractivity contribution is -1.02. The summed E-state index contributed by atoms with van der Waals surface area (Å²) in [5.41, 5.74) is 0. The van der Waals surface area contributed by atoms with Crippen molar-refractivity contribution in [2.75, 3.05) is 39.5 Å². The van der Waals surface area contributed by atoms with Gasteiger partial charge in [0.25, 0.3) is 0 Å². The molecule has 0 atom stereocenters. The molecule has 0 aromatic rings. The molecule has 0 spiro atoms. The van der Waals surface area contributed by atoms with E-state index in [2.05, 4.69) is 0 Å². The van der Waals surface area contributed by atoms with Crippen LogP contribution in [0.4, 0.5) is 0 Å². The molecule has 4 amide bonds. The molecule has 8 nitrogen and oxygen atoms in total. The van der Waals surface area contributed by atoms with Gasteiger partial charge in [-0.25, -0.2) is 9.80 Å². The predicted molar refractivity (Wildman–Crippen MR) is 73.3 cm³/mol. The molecule has 0 aromatic heterocycles. The van der Waals surface area contributed by atoms with E-state index in [4.69, 9.17) is 0 Å². The zero-order valence-electron chi connectivity index (χ0n) is 12.6. The van der Waals surface area contributed by atoms with Crippen molar-refractivity contribution < 1.29 is 29.0 Å². The molecule has 3 fully saturated rings. The Labute approximate surface area is 128 Å². The number of piperazine rings is 1. The average Bonchev–Trinajstić information content (AvgIpc) is 2.99. The van der Waals surface area contributed by atoms with Gasteiger partial charge in [-0.2, -0.15) is 0 Å². The molecule has 0 aromatic carbocycles. The second-order valence-corrected chi connectivity index (χ2v) is 6.25. The SMILES string of the molecule is O=C1CCC(=O)N1C[NH+]1CC[NH+](CN2C(=O)CCC2=O)CC1. The molecule has 0 bridgehead atoms. The van der Waals surface area contributed by atoms with Crippen LogP contribution < -0.4 is 9.80 Å². The minimum absolute atomic E-state index is 0.0689. The van der Waals surface area contributed by atoms with Crippen LogP contribution in [0.2, 0.25) is 0 Å². The largest absolute Gasteiger partial charge is 0.308 e. The zero-order valence-corrected chi connectivity index (χ0v) is 12.6. The van der Waals surface area contributed by atoms with Gasteiger partial charge in [0, 0.05) is 25.7 Å². The van der Waals surface area contributed by atoms with E-state index in [1.165, 1.54) is 19.6 Å². The van der Waals surface area contributed by atoms with Crippen molar-refractivity contribution in [3.63, 3.8) is 0 Å². The molecule has 0 aliphatic carbocycles. The third-order valence-electron chi connectivity index (χ3n) is 4.74. The van der Waals surface area contributed by atoms with E-state index >= 15 is 0 Å². The predicted octanol–water partition coefficient (Wildman–Crippen LogP) is -4.02. The molecule has 2 N–H and O–H groups in total. The summed E-state index contributed by atoms with van der Waals surface area (Å²) < 4.78 is 0. The number of carbonyl (C=O) groups excluding carboxylic acids is 4. The van der Waals surface area contributed by atoms with Crippen molar-refractivity contribution in [2.24, 2.45) is 0 Å². The first-order chi connectivity index (χ1) is 10.5. The van der Waals surface area contributed by atoms with Crippen LogP contribution in [-0.4, -0.2) is 72.9 Å². The maximum Gasteiger partial charge on any atom is 0.234 e. The number of carbonyl (C=O) groups is 4. The van der Waals surface area contributed by atoms with Gasteiger partial charge in [-0.15, -0.1) is 0 Å². The third kappa shape index (κ3) is 3.02. The monoisotopic (exact) mass is 310 g/mol. The Bertz CT molecular complexity index is 435. The summed E-state index contributed by atoms with van der Waals surface area (Å²) in [6.07, 6.45) is 1.34. The van der Waals surface area contributed by atoms with E-state index in [0.717, 1.165) is 26.2 Å². The lowest BCUT2D eigenvalue weighted by Gasteiger charge is -2.32. The summed E-state index contributed by atoms with van der Waals surface area (Å²) in [4.78, 5) is 51.7. The van der Waals surface area contributed by atoms with E-state index in [0.29, 0.717) is 39.0 Å². The molecule has 3 aliphatic rings. The molecular weight excluding hydrogens is 288 g/mol. The average molecular weight is 310 g/mol. The van der Waals surface area contributed by atoms with Crippen molar-refractivity contribution in [3.05, 3.63) is 0 Å². The van der Waals surface area contributed by atoms with Crippen LogP contribution in [0.15, 0.2) is 0 Å². The van der Waals surface area contributed by atoms with Crippen molar-refractivity contribution in [2.45, 2.75) is 25.7 Å². The lowest BCUT2D eigenvalue weighted by atomic mass is 10.3. The molecule has 22 heavy (non-hydrogen) atoms. The molecule has 3 rings (SSSR count). The normalized spacial score (nSPS) is 29.8. The fourth-order valence-electron chi connectivity index (χ4n) is 3.32. The van der Waals surface area contributed by atoms with Gasteiger partial charge in [-0.05, 0) is 0 Å². The molecular formula is C14H22N4O4+2. The van der Waals surface area contributed by atoms with Crippen LogP contribution in [0.25, 0.3) is 0 Å². The van der Waals surface area contributed by atoms with Crippen molar-refractivity contribution >= 4 is 23.6 Å². The summed E-state index contributed by atoms with van der Waals surface area (Å²) in [6, 6.07) is 0. The summed E-state index contributed by atoms with van der Waals surface area (Å²) in [6.45, 7) is 4.25. The van der Waals surface area contributed by atoms with Crippen LogP contribution in [-0.2, 0) is 19.2 Å². The number of nitrogens with one attached hydrogen (secondary N) is 2. The van der Waals surface area contributed by atoms with Gasteiger partial charge in [0.2, 0.25) is 23.6 Å². The van der Waals surface area contributed by atoms with Gasteiger partial charge in [0.15, 0.2) is 13.3 Å². The number of rotatable bonds is 4. The molecule has 3 heterocycles. The number of quaternary nitrogens is 2. The molecule has 120 valence electrons. The second kappa shape index (κ2) is 6.13. The Balaban J connectivity index is 1.46. The van der Waals surface area contributed by atoms with E-state index in [9.17, 15) is 19.2 Å². The van der Waals surface area contributed by atoms with Crippen LogP contribution in [0.3, 0.4) is 0 Å². The first-order valence-corrected chi connectivity index (χ1v) is 7.88.